The number of benzene rings is 2. The minimum absolute atomic E-state index is 0.0419. The van der Waals surface area contributed by atoms with Crippen molar-refractivity contribution in [2.45, 2.75) is 38.9 Å². The Hall–Kier alpha value is -3.32. The van der Waals surface area contributed by atoms with Crippen LogP contribution in [0, 0.1) is 6.92 Å². The Morgan fingerprint density at radius 3 is 2.18 bits per heavy atom. The number of carbonyl (C=O) groups is 2. The number of amides is 2. The second-order valence-electron chi connectivity index (χ2n) is 8.51. The number of nitrogens with zero attached hydrogens (tertiary/aromatic N) is 2. The molecule has 4 rings (SSSR count). The minimum Gasteiger partial charge on any atom is -0.497 e. The van der Waals surface area contributed by atoms with Crippen molar-refractivity contribution in [2.75, 3.05) is 20.8 Å². The van der Waals surface area contributed by atoms with Gasteiger partial charge in [-0.2, -0.15) is 0 Å². The molecule has 1 aliphatic rings. The van der Waals surface area contributed by atoms with E-state index in [1.54, 1.807) is 48.7 Å². The number of rotatable bonds is 10. The molecule has 7 heteroatoms. The molecular formula is C27H30N2O4S. The fourth-order valence-electron chi connectivity index (χ4n) is 3.89. The van der Waals surface area contributed by atoms with E-state index < -0.39 is 0 Å². The number of ether oxygens (including phenoxy) is 2. The van der Waals surface area contributed by atoms with Gasteiger partial charge >= 0.3 is 0 Å². The summed E-state index contributed by atoms with van der Waals surface area (Å²) in [6, 6.07) is 19.3. The van der Waals surface area contributed by atoms with Gasteiger partial charge in [0, 0.05) is 34.0 Å². The summed E-state index contributed by atoms with van der Waals surface area (Å²) in [6.07, 6.45) is 1.81. The van der Waals surface area contributed by atoms with Crippen molar-refractivity contribution < 1.29 is 19.1 Å². The van der Waals surface area contributed by atoms with Crippen LogP contribution in [0.15, 0.2) is 60.7 Å². The first-order valence-electron chi connectivity index (χ1n) is 11.4. The highest BCUT2D eigenvalue weighted by molar-refractivity contribution is 7.11. The van der Waals surface area contributed by atoms with Crippen molar-refractivity contribution in [3.63, 3.8) is 0 Å². The standard InChI is InChI=1S/C27H30N2O4S/c1-19-9-12-25(34-19)17-28(16-20-7-5-4-6-8-20)26(30)18-29(22-10-11-22)27(31)21-13-23(32-2)15-24(14-21)33-3/h4-9,12-15,22H,10-11,16-18H2,1-3H3. The van der Waals surface area contributed by atoms with Crippen LogP contribution in [0.4, 0.5) is 0 Å². The van der Waals surface area contributed by atoms with Crippen LogP contribution in [0.1, 0.15) is 38.5 Å². The number of thiophene rings is 1. The molecule has 6 nitrogen and oxygen atoms in total. The van der Waals surface area contributed by atoms with Gasteiger partial charge in [-0.05, 0) is 49.6 Å². The molecule has 1 fully saturated rings. The Bertz CT molecular complexity index is 1120. The van der Waals surface area contributed by atoms with Gasteiger partial charge in [-0.15, -0.1) is 11.3 Å². The van der Waals surface area contributed by atoms with Crippen molar-refractivity contribution in [3.05, 3.63) is 81.5 Å². The Balaban J connectivity index is 1.56. The molecule has 2 aromatic carbocycles. The first kappa shape index (κ1) is 23.8. The fourth-order valence-corrected chi connectivity index (χ4v) is 4.80. The van der Waals surface area contributed by atoms with Crippen LogP contribution >= 0.6 is 11.3 Å². The average Bonchev–Trinajstić information content (AvgIpc) is 3.62. The maximum Gasteiger partial charge on any atom is 0.254 e. The SMILES string of the molecule is COc1cc(OC)cc(C(=O)N(CC(=O)N(Cc2ccccc2)Cc2ccc(C)s2)C2CC2)c1. The highest BCUT2D eigenvalue weighted by Crippen LogP contribution is 2.31. The van der Waals surface area contributed by atoms with Gasteiger partial charge in [-0.25, -0.2) is 0 Å². The summed E-state index contributed by atoms with van der Waals surface area (Å²) in [7, 11) is 3.11. The van der Waals surface area contributed by atoms with Crippen LogP contribution in [0.2, 0.25) is 0 Å². The molecule has 0 spiro atoms. The number of methoxy groups -OCH3 is 2. The second kappa shape index (κ2) is 10.7. The Labute approximate surface area is 204 Å². The Morgan fingerprint density at radius 1 is 0.941 bits per heavy atom. The monoisotopic (exact) mass is 478 g/mol. The lowest BCUT2D eigenvalue weighted by Crippen LogP contribution is -2.43. The van der Waals surface area contributed by atoms with E-state index in [9.17, 15) is 9.59 Å². The fraction of sp³-hybridized carbons (Fsp3) is 0.333. The summed E-state index contributed by atoms with van der Waals surface area (Å²) >= 11 is 1.69. The maximum atomic E-state index is 13.6. The van der Waals surface area contributed by atoms with Gasteiger partial charge in [0.15, 0.2) is 0 Å². The number of hydrogen-bond acceptors (Lipinski definition) is 5. The number of carbonyl (C=O) groups excluding carboxylic acids is 2. The van der Waals surface area contributed by atoms with Gasteiger partial charge in [0.25, 0.3) is 5.91 Å². The zero-order valence-electron chi connectivity index (χ0n) is 19.8. The van der Waals surface area contributed by atoms with Crippen LogP contribution in [0.25, 0.3) is 0 Å². The molecule has 1 aliphatic carbocycles. The molecule has 34 heavy (non-hydrogen) atoms. The summed E-state index contributed by atoms with van der Waals surface area (Å²) in [5.74, 6) is 0.844. The molecule has 0 unspecified atom stereocenters. The lowest BCUT2D eigenvalue weighted by molar-refractivity contribution is -0.133. The third-order valence-electron chi connectivity index (χ3n) is 5.86. The molecule has 0 N–H and O–H groups in total. The van der Waals surface area contributed by atoms with E-state index in [0.29, 0.717) is 30.2 Å². The summed E-state index contributed by atoms with van der Waals surface area (Å²) in [4.78, 5) is 32.9. The van der Waals surface area contributed by atoms with E-state index >= 15 is 0 Å². The van der Waals surface area contributed by atoms with Gasteiger partial charge < -0.3 is 19.3 Å². The Morgan fingerprint density at radius 2 is 1.62 bits per heavy atom. The molecule has 178 valence electrons. The van der Waals surface area contributed by atoms with Crippen LogP contribution in [0.5, 0.6) is 11.5 Å². The van der Waals surface area contributed by atoms with Crippen molar-refractivity contribution in [1.29, 1.82) is 0 Å². The van der Waals surface area contributed by atoms with Crippen LogP contribution in [0.3, 0.4) is 0 Å². The van der Waals surface area contributed by atoms with E-state index in [0.717, 1.165) is 23.3 Å². The van der Waals surface area contributed by atoms with Crippen molar-refractivity contribution in [2.24, 2.45) is 0 Å². The van der Waals surface area contributed by atoms with Gasteiger partial charge in [0.1, 0.15) is 18.0 Å². The summed E-state index contributed by atoms with van der Waals surface area (Å²) < 4.78 is 10.7. The third-order valence-corrected chi connectivity index (χ3v) is 6.85. The van der Waals surface area contributed by atoms with Gasteiger partial charge in [-0.1, -0.05) is 30.3 Å². The van der Waals surface area contributed by atoms with E-state index in [1.807, 2.05) is 35.2 Å². The molecular weight excluding hydrogens is 448 g/mol. The molecule has 1 aromatic heterocycles. The van der Waals surface area contributed by atoms with Crippen LogP contribution in [-0.4, -0.2) is 48.4 Å². The normalized spacial score (nSPS) is 12.8. The smallest absolute Gasteiger partial charge is 0.254 e. The topological polar surface area (TPSA) is 59.1 Å². The lowest BCUT2D eigenvalue weighted by Gasteiger charge is -2.28. The van der Waals surface area contributed by atoms with E-state index in [1.165, 1.54) is 4.88 Å². The first-order valence-corrected chi connectivity index (χ1v) is 12.2. The third kappa shape index (κ3) is 5.97. The van der Waals surface area contributed by atoms with E-state index in [4.69, 9.17) is 9.47 Å². The lowest BCUT2D eigenvalue weighted by atomic mass is 10.1. The minimum atomic E-state index is -0.181. The van der Waals surface area contributed by atoms with Crippen molar-refractivity contribution >= 4 is 23.2 Å². The molecule has 0 radical (unpaired) electrons. The second-order valence-corrected chi connectivity index (χ2v) is 9.89. The largest absolute Gasteiger partial charge is 0.497 e. The van der Waals surface area contributed by atoms with Crippen LogP contribution < -0.4 is 9.47 Å². The quantitative estimate of drug-likeness (QED) is 0.416. The maximum absolute atomic E-state index is 13.6. The van der Waals surface area contributed by atoms with Crippen LogP contribution in [-0.2, 0) is 17.9 Å². The summed E-state index contributed by atoms with van der Waals surface area (Å²) in [6.45, 7) is 3.12. The summed E-state index contributed by atoms with van der Waals surface area (Å²) in [5, 5.41) is 0. The highest BCUT2D eigenvalue weighted by atomic mass is 32.1. The molecule has 2 amide bonds. The summed E-state index contributed by atoms with van der Waals surface area (Å²) in [5.41, 5.74) is 1.52. The van der Waals surface area contributed by atoms with Crippen molar-refractivity contribution in [1.82, 2.24) is 9.80 Å². The van der Waals surface area contributed by atoms with E-state index in [2.05, 4.69) is 19.1 Å². The Kier molecular flexibility index (Phi) is 7.53. The molecule has 0 aliphatic heterocycles. The molecule has 1 heterocycles. The predicted octanol–water partition coefficient (Wildman–Crippen LogP) is 4.91. The molecule has 0 bridgehead atoms. The zero-order chi connectivity index (χ0) is 24.1. The predicted molar refractivity (Wildman–Crippen MR) is 133 cm³/mol. The zero-order valence-corrected chi connectivity index (χ0v) is 20.6. The van der Waals surface area contributed by atoms with Gasteiger partial charge in [0.05, 0.1) is 20.8 Å². The van der Waals surface area contributed by atoms with Gasteiger partial charge in [-0.3, -0.25) is 9.59 Å². The number of aryl methyl sites for hydroxylation is 1. The molecule has 0 saturated heterocycles. The average molecular weight is 479 g/mol. The first-order chi connectivity index (χ1) is 16.5. The van der Waals surface area contributed by atoms with E-state index in [-0.39, 0.29) is 24.4 Å². The molecule has 3 aromatic rings. The molecule has 0 atom stereocenters. The highest BCUT2D eigenvalue weighted by Gasteiger charge is 2.35. The molecule has 1 saturated carbocycles. The van der Waals surface area contributed by atoms with Crippen molar-refractivity contribution in [3.8, 4) is 11.5 Å². The number of hydrogen-bond donors (Lipinski definition) is 0. The van der Waals surface area contributed by atoms with Gasteiger partial charge in [0.2, 0.25) is 5.91 Å².